The van der Waals surface area contributed by atoms with Crippen molar-refractivity contribution in [3.8, 4) is 0 Å². The van der Waals surface area contributed by atoms with E-state index in [-0.39, 0.29) is 11.9 Å². The highest BCUT2D eigenvalue weighted by atomic mass is 79.9. The van der Waals surface area contributed by atoms with Crippen LogP contribution in [0.5, 0.6) is 0 Å². The summed E-state index contributed by atoms with van der Waals surface area (Å²) in [7, 11) is 0. The molecule has 3 heteroatoms. The summed E-state index contributed by atoms with van der Waals surface area (Å²) in [5.41, 5.74) is 4.22. The van der Waals surface area contributed by atoms with Crippen molar-refractivity contribution in [2.24, 2.45) is 0 Å². The lowest BCUT2D eigenvalue weighted by molar-refractivity contribution is 0.0939. The summed E-state index contributed by atoms with van der Waals surface area (Å²) in [5, 5.41) is 3.05. The Labute approximate surface area is 128 Å². The maximum Gasteiger partial charge on any atom is 0.251 e. The molecule has 0 heterocycles. The van der Waals surface area contributed by atoms with E-state index >= 15 is 0 Å². The molecule has 0 aliphatic rings. The first-order chi connectivity index (χ1) is 9.47. The van der Waals surface area contributed by atoms with Crippen molar-refractivity contribution < 1.29 is 4.79 Å². The molecule has 1 unspecified atom stereocenters. The van der Waals surface area contributed by atoms with Gasteiger partial charge >= 0.3 is 0 Å². The van der Waals surface area contributed by atoms with Crippen LogP contribution in [0.1, 0.15) is 40.0 Å². The van der Waals surface area contributed by atoms with Gasteiger partial charge in [-0.05, 0) is 50.1 Å². The fourth-order valence-corrected chi connectivity index (χ4v) is 2.61. The van der Waals surface area contributed by atoms with E-state index in [9.17, 15) is 4.79 Å². The first kappa shape index (κ1) is 14.8. The summed E-state index contributed by atoms with van der Waals surface area (Å²) in [6, 6.07) is 13.7. The highest BCUT2D eigenvalue weighted by molar-refractivity contribution is 9.10. The molecule has 0 aromatic heterocycles. The summed E-state index contributed by atoms with van der Waals surface area (Å²) < 4.78 is 0.907. The van der Waals surface area contributed by atoms with Crippen molar-refractivity contribution in [2.75, 3.05) is 0 Å². The Hall–Kier alpha value is -1.61. The molecule has 0 saturated heterocycles. The highest BCUT2D eigenvalue weighted by Gasteiger charge is 2.13. The van der Waals surface area contributed by atoms with Gasteiger partial charge in [-0.1, -0.05) is 45.8 Å². The number of nitrogens with one attached hydrogen (secondary N) is 1. The minimum absolute atomic E-state index is 0.0126. The fourth-order valence-electron chi connectivity index (χ4n) is 2.21. The van der Waals surface area contributed by atoms with Crippen LogP contribution in [0.4, 0.5) is 0 Å². The van der Waals surface area contributed by atoms with Gasteiger partial charge in [0.05, 0.1) is 6.04 Å². The van der Waals surface area contributed by atoms with Crippen molar-refractivity contribution >= 4 is 21.8 Å². The molecule has 2 nitrogen and oxygen atoms in total. The molecule has 0 spiro atoms. The Bertz CT molecular complexity index is 637. The number of hydrogen-bond donors (Lipinski definition) is 1. The largest absolute Gasteiger partial charge is 0.346 e. The zero-order valence-corrected chi connectivity index (χ0v) is 13.5. The van der Waals surface area contributed by atoms with Crippen LogP contribution in [0, 0.1) is 13.8 Å². The van der Waals surface area contributed by atoms with Gasteiger partial charge in [-0.2, -0.15) is 0 Å². The number of rotatable bonds is 3. The van der Waals surface area contributed by atoms with Gasteiger partial charge in [0, 0.05) is 10.0 Å². The van der Waals surface area contributed by atoms with Crippen LogP contribution in [0.3, 0.4) is 0 Å². The lowest BCUT2D eigenvalue weighted by Crippen LogP contribution is -2.27. The number of aryl methyl sites for hydroxylation is 2. The first-order valence-electron chi connectivity index (χ1n) is 6.61. The molecular weight excluding hydrogens is 314 g/mol. The Morgan fingerprint density at radius 3 is 2.60 bits per heavy atom. The molecule has 2 rings (SSSR count). The fraction of sp³-hybridized carbons (Fsp3) is 0.235. The van der Waals surface area contributed by atoms with E-state index in [2.05, 4.69) is 53.3 Å². The van der Waals surface area contributed by atoms with Gasteiger partial charge in [-0.3, -0.25) is 4.79 Å². The molecule has 0 saturated carbocycles. The molecule has 0 fully saturated rings. The quantitative estimate of drug-likeness (QED) is 0.877. The molecular formula is C17H18BrNO. The Morgan fingerprint density at radius 1 is 1.15 bits per heavy atom. The lowest BCUT2D eigenvalue weighted by Gasteiger charge is -2.17. The second-order valence-corrected chi connectivity index (χ2v) is 5.98. The topological polar surface area (TPSA) is 29.1 Å². The van der Waals surface area contributed by atoms with Crippen LogP contribution in [0.2, 0.25) is 0 Å². The van der Waals surface area contributed by atoms with Crippen molar-refractivity contribution in [2.45, 2.75) is 26.8 Å². The predicted octanol–water partition coefficient (Wildman–Crippen LogP) is 4.56. The minimum atomic E-state index is -0.0558. The maximum absolute atomic E-state index is 12.2. The SMILES string of the molecule is Cc1ccc(C)c(C(C)NC(=O)c2cccc(Br)c2)c1. The normalized spacial score (nSPS) is 12.0. The average Bonchev–Trinajstić information content (AvgIpc) is 2.41. The third-order valence-electron chi connectivity index (χ3n) is 3.34. The Balaban J connectivity index is 2.17. The summed E-state index contributed by atoms with van der Waals surface area (Å²) in [5.74, 6) is -0.0558. The second kappa shape index (κ2) is 6.23. The second-order valence-electron chi connectivity index (χ2n) is 5.07. The van der Waals surface area contributed by atoms with Crippen LogP contribution >= 0.6 is 15.9 Å². The number of hydrogen-bond acceptors (Lipinski definition) is 1. The molecule has 1 atom stereocenters. The molecule has 20 heavy (non-hydrogen) atoms. The molecule has 104 valence electrons. The lowest BCUT2D eigenvalue weighted by atomic mass is 10.00. The molecule has 1 amide bonds. The highest BCUT2D eigenvalue weighted by Crippen LogP contribution is 2.20. The van der Waals surface area contributed by atoms with Crippen LogP contribution < -0.4 is 5.32 Å². The molecule has 1 N–H and O–H groups in total. The number of carbonyl (C=O) groups is 1. The van der Waals surface area contributed by atoms with Gasteiger partial charge < -0.3 is 5.32 Å². The van der Waals surface area contributed by atoms with Crippen molar-refractivity contribution in [3.05, 3.63) is 69.2 Å². The van der Waals surface area contributed by atoms with Crippen LogP contribution in [-0.2, 0) is 0 Å². The van der Waals surface area contributed by atoms with Gasteiger partial charge in [0.25, 0.3) is 5.91 Å². The van der Waals surface area contributed by atoms with Crippen LogP contribution in [0.15, 0.2) is 46.9 Å². The number of halogens is 1. The van der Waals surface area contributed by atoms with Crippen molar-refractivity contribution in [1.82, 2.24) is 5.32 Å². The zero-order chi connectivity index (χ0) is 14.7. The van der Waals surface area contributed by atoms with E-state index in [1.807, 2.05) is 31.2 Å². The summed E-state index contributed by atoms with van der Waals surface area (Å²) in [6.07, 6.45) is 0. The number of benzene rings is 2. The van der Waals surface area contributed by atoms with Gasteiger partial charge in [0.1, 0.15) is 0 Å². The maximum atomic E-state index is 12.2. The summed E-state index contributed by atoms with van der Waals surface area (Å²) in [6.45, 7) is 6.14. The van der Waals surface area contributed by atoms with Crippen LogP contribution in [-0.4, -0.2) is 5.91 Å². The average molecular weight is 332 g/mol. The smallest absolute Gasteiger partial charge is 0.251 e. The summed E-state index contributed by atoms with van der Waals surface area (Å²) >= 11 is 3.38. The van der Waals surface area contributed by atoms with Gasteiger partial charge in [-0.15, -0.1) is 0 Å². The van der Waals surface area contributed by atoms with Crippen molar-refractivity contribution in [3.63, 3.8) is 0 Å². The van der Waals surface area contributed by atoms with Gasteiger partial charge in [-0.25, -0.2) is 0 Å². The Kier molecular flexibility index (Phi) is 4.61. The van der Waals surface area contributed by atoms with E-state index in [4.69, 9.17) is 0 Å². The van der Waals surface area contributed by atoms with Gasteiger partial charge in [0.15, 0.2) is 0 Å². The van der Waals surface area contributed by atoms with E-state index in [1.54, 1.807) is 0 Å². The first-order valence-corrected chi connectivity index (χ1v) is 7.40. The van der Waals surface area contributed by atoms with Crippen LogP contribution in [0.25, 0.3) is 0 Å². The predicted molar refractivity (Wildman–Crippen MR) is 85.9 cm³/mol. The van der Waals surface area contributed by atoms with Gasteiger partial charge in [0.2, 0.25) is 0 Å². The Morgan fingerprint density at radius 2 is 1.90 bits per heavy atom. The number of amides is 1. The van der Waals surface area contributed by atoms with Crippen molar-refractivity contribution in [1.29, 1.82) is 0 Å². The summed E-state index contributed by atoms with van der Waals surface area (Å²) in [4.78, 5) is 12.2. The molecule has 0 radical (unpaired) electrons. The third kappa shape index (κ3) is 3.48. The molecule has 0 bridgehead atoms. The van der Waals surface area contributed by atoms with E-state index in [1.165, 1.54) is 11.1 Å². The zero-order valence-electron chi connectivity index (χ0n) is 11.9. The van der Waals surface area contributed by atoms with E-state index < -0.39 is 0 Å². The standard InChI is InChI=1S/C17H18BrNO/c1-11-7-8-12(2)16(9-11)13(3)19-17(20)14-5-4-6-15(18)10-14/h4-10,13H,1-3H3,(H,19,20). The van der Waals surface area contributed by atoms with E-state index in [0.29, 0.717) is 5.56 Å². The molecule has 2 aromatic carbocycles. The third-order valence-corrected chi connectivity index (χ3v) is 3.83. The monoisotopic (exact) mass is 331 g/mol. The minimum Gasteiger partial charge on any atom is -0.346 e. The molecule has 0 aliphatic carbocycles. The number of carbonyl (C=O) groups excluding carboxylic acids is 1. The molecule has 0 aliphatic heterocycles. The van der Waals surface area contributed by atoms with E-state index in [0.717, 1.165) is 10.0 Å². The molecule has 2 aromatic rings.